The maximum Gasteiger partial charge on any atom is 0.305 e. The van der Waals surface area contributed by atoms with E-state index in [1.807, 2.05) is 24.3 Å². The van der Waals surface area contributed by atoms with Crippen LogP contribution in [-0.2, 0) is 11.3 Å². The molecule has 0 spiro atoms. The quantitative estimate of drug-likeness (QED) is 0.405. The van der Waals surface area contributed by atoms with E-state index in [4.69, 9.17) is 21.4 Å². The average Bonchev–Trinajstić information content (AvgIpc) is 2.96. The second-order valence-electron chi connectivity index (χ2n) is 5.38. The molecule has 6 nitrogen and oxygen atoms in total. The van der Waals surface area contributed by atoms with Crippen molar-refractivity contribution in [3.63, 3.8) is 0 Å². The normalized spacial score (nSPS) is 10.6. The number of amides is 1. The molecule has 0 aliphatic rings. The molecule has 2 aromatic rings. The first-order valence-corrected chi connectivity index (χ1v) is 8.41. The van der Waals surface area contributed by atoms with Crippen LogP contribution in [0.4, 0.5) is 0 Å². The Balaban J connectivity index is 1.98. The van der Waals surface area contributed by atoms with Gasteiger partial charge >= 0.3 is 5.91 Å². The molecule has 7 heteroatoms. The molecule has 0 bridgehead atoms. The van der Waals surface area contributed by atoms with Gasteiger partial charge in [0, 0.05) is 24.6 Å². The molecular weight excluding hydrogens is 326 g/mol. The molecule has 0 radical (unpaired) electrons. The Bertz CT molecular complexity index is 699. The number of furan rings is 1. The van der Waals surface area contributed by atoms with E-state index in [0.29, 0.717) is 22.9 Å². The molecule has 1 aromatic heterocycles. The summed E-state index contributed by atoms with van der Waals surface area (Å²) in [6.07, 6.45) is 3.32. The molecule has 0 saturated heterocycles. The number of nitrogens with one attached hydrogen (secondary N) is 3. The number of benzene rings is 1. The van der Waals surface area contributed by atoms with E-state index < -0.39 is 5.91 Å². The number of carbonyl (C=O) groups is 1. The van der Waals surface area contributed by atoms with E-state index in [1.54, 1.807) is 7.11 Å². The molecule has 1 aromatic carbocycles. The van der Waals surface area contributed by atoms with Gasteiger partial charge in [-0.2, -0.15) is 0 Å². The van der Waals surface area contributed by atoms with Crippen LogP contribution >= 0.6 is 12.2 Å². The minimum atomic E-state index is -0.393. The SMILES string of the molecule is CCCCCNC(=S)NNC(=O)c1oc2ccccc2c1COC. The molecule has 24 heavy (non-hydrogen) atoms. The fourth-order valence-corrected chi connectivity index (χ4v) is 2.51. The Labute approximate surface area is 146 Å². The van der Waals surface area contributed by atoms with Gasteiger partial charge in [0.15, 0.2) is 10.9 Å². The summed E-state index contributed by atoms with van der Waals surface area (Å²) in [6, 6.07) is 7.47. The van der Waals surface area contributed by atoms with Gasteiger partial charge in [-0.3, -0.25) is 15.6 Å². The molecule has 0 aliphatic heterocycles. The molecule has 0 fully saturated rings. The summed E-state index contributed by atoms with van der Waals surface area (Å²) in [5.74, 6) is -0.171. The largest absolute Gasteiger partial charge is 0.450 e. The van der Waals surface area contributed by atoms with Crippen molar-refractivity contribution in [3.05, 3.63) is 35.6 Å². The first kappa shape index (κ1) is 18.2. The number of para-hydroxylation sites is 1. The number of ether oxygens (including phenoxy) is 1. The van der Waals surface area contributed by atoms with Gasteiger partial charge in [-0.05, 0) is 24.7 Å². The lowest BCUT2D eigenvalue weighted by molar-refractivity contribution is 0.0911. The maximum atomic E-state index is 12.4. The fourth-order valence-electron chi connectivity index (χ4n) is 2.36. The van der Waals surface area contributed by atoms with Gasteiger partial charge in [0.2, 0.25) is 0 Å². The zero-order valence-corrected chi connectivity index (χ0v) is 14.8. The number of rotatable bonds is 7. The Morgan fingerprint density at radius 2 is 2.04 bits per heavy atom. The minimum absolute atomic E-state index is 0.222. The van der Waals surface area contributed by atoms with Crippen molar-refractivity contribution in [1.29, 1.82) is 0 Å². The lowest BCUT2D eigenvalue weighted by Gasteiger charge is -2.11. The molecule has 0 unspecified atom stereocenters. The van der Waals surface area contributed by atoms with Crippen molar-refractivity contribution in [2.45, 2.75) is 32.8 Å². The molecule has 130 valence electrons. The van der Waals surface area contributed by atoms with E-state index in [-0.39, 0.29) is 5.76 Å². The highest BCUT2D eigenvalue weighted by Crippen LogP contribution is 2.26. The molecule has 0 atom stereocenters. The van der Waals surface area contributed by atoms with Gasteiger partial charge < -0.3 is 14.5 Å². The molecular formula is C17H23N3O3S. The van der Waals surface area contributed by atoms with Crippen LogP contribution in [0.15, 0.2) is 28.7 Å². The summed E-state index contributed by atoms with van der Waals surface area (Å²) < 4.78 is 10.9. The summed E-state index contributed by atoms with van der Waals surface area (Å²) in [5, 5.41) is 4.29. The lowest BCUT2D eigenvalue weighted by atomic mass is 10.1. The maximum absolute atomic E-state index is 12.4. The van der Waals surface area contributed by atoms with Crippen LogP contribution < -0.4 is 16.2 Å². The highest BCUT2D eigenvalue weighted by atomic mass is 32.1. The predicted molar refractivity (Wildman–Crippen MR) is 97.7 cm³/mol. The summed E-state index contributed by atoms with van der Waals surface area (Å²) in [4.78, 5) is 12.4. The number of hydrogen-bond donors (Lipinski definition) is 3. The van der Waals surface area contributed by atoms with Crippen LogP contribution in [0.3, 0.4) is 0 Å². The Morgan fingerprint density at radius 1 is 1.25 bits per heavy atom. The number of carbonyl (C=O) groups excluding carboxylic acids is 1. The third-order valence-electron chi connectivity index (χ3n) is 3.55. The summed E-state index contributed by atoms with van der Waals surface area (Å²) in [5.41, 5.74) is 6.61. The monoisotopic (exact) mass is 349 g/mol. The molecule has 0 aliphatic carbocycles. The van der Waals surface area contributed by atoms with Crippen LogP contribution in [0, 0.1) is 0 Å². The van der Waals surface area contributed by atoms with Crippen LogP contribution in [0.1, 0.15) is 42.3 Å². The number of thiocarbonyl (C=S) groups is 1. The topological polar surface area (TPSA) is 75.5 Å². The van der Waals surface area contributed by atoms with Gasteiger partial charge in [-0.1, -0.05) is 38.0 Å². The molecule has 1 amide bonds. The van der Waals surface area contributed by atoms with Gasteiger partial charge in [0.1, 0.15) is 5.58 Å². The van der Waals surface area contributed by atoms with Crippen molar-refractivity contribution in [2.75, 3.05) is 13.7 Å². The molecule has 2 rings (SSSR count). The number of fused-ring (bicyclic) bond motifs is 1. The van der Waals surface area contributed by atoms with Crippen LogP contribution in [0.5, 0.6) is 0 Å². The van der Waals surface area contributed by atoms with Crippen molar-refractivity contribution >= 4 is 34.2 Å². The van der Waals surface area contributed by atoms with Crippen molar-refractivity contribution in [3.8, 4) is 0 Å². The van der Waals surface area contributed by atoms with Gasteiger partial charge in [-0.25, -0.2) is 0 Å². The second-order valence-corrected chi connectivity index (χ2v) is 5.79. The van der Waals surface area contributed by atoms with E-state index in [1.165, 1.54) is 0 Å². The first-order valence-electron chi connectivity index (χ1n) is 8.00. The zero-order chi connectivity index (χ0) is 17.4. The predicted octanol–water partition coefficient (Wildman–Crippen LogP) is 2.88. The highest BCUT2D eigenvalue weighted by molar-refractivity contribution is 7.80. The van der Waals surface area contributed by atoms with Crippen LogP contribution in [-0.4, -0.2) is 24.7 Å². The van der Waals surface area contributed by atoms with Gasteiger partial charge in [-0.15, -0.1) is 0 Å². The van der Waals surface area contributed by atoms with Crippen molar-refractivity contribution in [2.24, 2.45) is 0 Å². The van der Waals surface area contributed by atoms with E-state index in [2.05, 4.69) is 23.1 Å². The van der Waals surface area contributed by atoms with Crippen molar-refractivity contribution < 1.29 is 13.9 Å². The third kappa shape index (κ3) is 4.69. The Morgan fingerprint density at radius 3 is 2.79 bits per heavy atom. The number of methoxy groups -OCH3 is 1. The Hall–Kier alpha value is -2.12. The Kier molecular flexibility index (Phi) is 7.02. The van der Waals surface area contributed by atoms with E-state index >= 15 is 0 Å². The van der Waals surface area contributed by atoms with Crippen LogP contribution in [0.2, 0.25) is 0 Å². The smallest absolute Gasteiger partial charge is 0.305 e. The summed E-state index contributed by atoms with van der Waals surface area (Å²) in [7, 11) is 1.58. The van der Waals surface area contributed by atoms with Gasteiger partial charge in [0.05, 0.1) is 6.61 Å². The molecule has 0 saturated carbocycles. The fraction of sp³-hybridized carbons (Fsp3) is 0.412. The highest BCUT2D eigenvalue weighted by Gasteiger charge is 2.20. The van der Waals surface area contributed by atoms with Crippen LogP contribution in [0.25, 0.3) is 11.0 Å². The zero-order valence-electron chi connectivity index (χ0n) is 14.0. The molecule has 1 heterocycles. The number of unbranched alkanes of at least 4 members (excludes halogenated alkanes) is 2. The summed E-state index contributed by atoms with van der Waals surface area (Å²) >= 11 is 5.13. The average molecular weight is 349 g/mol. The van der Waals surface area contributed by atoms with E-state index in [0.717, 1.165) is 31.2 Å². The second kappa shape index (κ2) is 9.24. The standard InChI is InChI=1S/C17H23N3O3S/c1-3-4-7-10-18-17(24)20-19-16(21)15-13(11-22-2)12-8-5-6-9-14(12)23-15/h5-6,8-9H,3-4,7,10-11H2,1-2H3,(H,19,21)(H2,18,20,24). The minimum Gasteiger partial charge on any atom is -0.450 e. The lowest BCUT2D eigenvalue weighted by Crippen LogP contribution is -2.47. The van der Waals surface area contributed by atoms with E-state index in [9.17, 15) is 4.79 Å². The first-order chi connectivity index (χ1) is 11.7. The number of hydrogen-bond acceptors (Lipinski definition) is 4. The van der Waals surface area contributed by atoms with Gasteiger partial charge in [0.25, 0.3) is 0 Å². The third-order valence-corrected chi connectivity index (χ3v) is 3.80. The number of hydrazine groups is 1. The van der Waals surface area contributed by atoms with Crippen molar-refractivity contribution in [1.82, 2.24) is 16.2 Å². The molecule has 3 N–H and O–H groups in total. The summed E-state index contributed by atoms with van der Waals surface area (Å²) in [6.45, 7) is 3.20.